The van der Waals surface area contributed by atoms with Gasteiger partial charge in [0.15, 0.2) is 0 Å². The van der Waals surface area contributed by atoms with Gasteiger partial charge in [-0.1, -0.05) is 0 Å². The van der Waals surface area contributed by atoms with Crippen molar-refractivity contribution in [2.45, 2.75) is 25.2 Å². The summed E-state index contributed by atoms with van der Waals surface area (Å²) in [7, 11) is 0. The SMILES string of the molecule is O=C(CCCO)NCC(F)(F)C(F)F. The average molecular weight is 217 g/mol. The van der Waals surface area contributed by atoms with Crippen LogP contribution in [0.3, 0.4) is 0 Å². The van der Waals surface area contributed by atoms with Crippen LogP contribution in [-0.4, -0.2) is 36.5 Å². The standard InChI is InChI=1S/C7H11F4NO2/c8-6(9)7(10,11)4-12-5(14)2-1-3-13/h6,13H,1-4H2,(H,12,14). The third kappa shape index (κ3) is 5.00. The van der Waals surface area contributed by atoms with E-state index < -0.39 is 24.8 Å². The Bertz CT molecular complexity index is 187. The molecule has 84 valence electrons. The van der Waals surface area contributed by atoms with Gasteiger partial charge < -0.3 is 10.4 Å². The number of hydrogen-bond acceptors (Lipinski definition) is 2. The molecule has 0 aromatic heterocycles. The molecule has 0 aliphatic carbocycles. The van der Waals surface area contributed by atoms with Gasteiger partial charge in [-0.25, -0.2) is 8.78 Å². The van der Waals surface area contributed by atoms with Crippen molar-refractivity contribution in [3.63, 3.8) is 0 Å². The molecule has 0 aromatic carbocycles. The molecule has 0 aliphatic heterocycles. The Morgan fingerprint density at radius 2 is 2.00 bits per heavy atom. The highest BCUT2D eigenvalue weighted by Crippen LogP contribution is 2.21. The van der Waals surface area contributed by atoms with Crippen LogP contribution in [0, 0.1) is 0 Å². The number of hydrogen-bond donors (Lipinski definition) is 2. The highest BCUT2D eigenvalue weighted by molar-refractivity contribution is 5.75. The molecule has 0 atom stereocenters. The minimum Gasteiger partial charge on any atom is -0.396 e. The molecule has 0 radical (unpaired) electrons. The first-order valence-electron chi connectivity index (χ1n) is 3.93. The molecule has 0 fully saturated rings. The summed E-state index contributed by atoms with van der Waals surface area (Å²) in [5.74, 6) is -4.98. The van der Waals surface area contributed by atoms with Crippen LogP contribution < -0.4 is 5.32 Å². The second-order valence-electron chi connectivity index (χ2n) is 2.67. The minimum absolute atomic E-state index is 0.117. The first-order chi connectivity index (χ1) is 6.40. The van der Waals surface area contributed by atoms with Gasteiger partial charge in [0.1, 0.15) is 0 Å². The Morgan fingerprint density at radius 3 is 2.43 bits per heavy atom. The van der Waals surface area contributed by atoms with Gasteiger partial charge in [-0.15, -0.1) is 0 Å². The monoisotopic (exact) mass is 217 g/mol. The van der Waals surface area contributed by atoms with E-state index in [0.717, 1.165) is 0 Å². The number of aliphatic hydroxyl groups excluding tert-OH is 1. The summed E-state index contributed by atoms with van der Waals surface area (Å²) >= 11 is 0. The Labute approximate surface area is 78.1 Å². The van der Waals surface area contributed by atoms with Crippen molar-refractivity contribution in [1.82, 2.24) is 5.32 Å². The quantitative estimate of drug-likeness (QED) is 0.646. The second-order valence-corrected chi connectivity index (χ2v) is 2.67. The predicted molar refractivity (Wildman–Crippen MR) is 40.3 cm³/mol. The van der Waals surface area contributed by atoms with Crippen LogP contribution in [0.15, 0.2) is 0 Å². The molecule has 0 spiro atoms. The maximum atomic E-state index is 12.2. The Balaban J connectivity index is 3.76. The van der Waals surface area contributed by atoms with Crippen molar-refractivity contribution < 1.29 is 27.5 Å². The summed E-state index contributed by atoms with van der Waals surface area (Å²) in [6.45, 7) is -1.63. The van der Waals surface area contributed by atoms with Crippen molar-refractivity contribution in [2.75, 3.05) is 13.2 Å². The number of aliphatic hydroxyl groups is 1. The summed E-state index contributed by atoms with van der Waals surface area (Å²) in [4.78, 5) is 10.7. The molecule has 0 saturated carbocycles. The molecule has 7 heteroatoms. The smallest absolute Gasteiger partial charge is 0.324 e. The summed E-state index contributed by atoms with van der Waals surface area (Å²) < 4.78 is 47.6. The lowest BCUT2D eigenvalue weighted by Gasteiger charge is -2.15. The van der Waals surface area contributed by atoms with E-state index >= 15 is 0 Å². The zero-order chi connectivity index (χ0) is 11.2. The summed E-state index contributed by atoms with van der Waals surface area (Å²) in [6.07, 6.45) is -3.83. The highest BCUT2D eigenvalue weighted by atomic mass is 19.3. The summed E-state index contributed by atoms with van der Waals surface area (Å²) in [6, 6.07) is 0. The van der Waals surface area contributed by atoms with Crippen LogP contribution in [0.5, 0.6) is 0 Å². The molecular weight excluding hydrogens is 206 g/mol. The maximum absolute atomic E-state index is 12.2. The number of carbonyl (C=O) groups is 1. The van der Waals surface area contributed by atoms with Crippen molar-refractivity contribution in [1.29, 1.82) is 0 Å². The van der Waals surface area contributed by atoms with Gasteiger partial charge in [-0.3, -0.25) is 4.79 Å². The van der Waals surface area contributed by atoms with Crippen LogP contribution >= 0.6 is 0 Å². The van der Waals surface area contributed by atoms with Crippen LogP contribution in [0.2, 0.25) is 0 Å². The fourth-order valence-corrected chi connectivity index (χ4v) is 0.622. The van der Waals surface area contributed by atoms with Crippen LogP contribution in [-0.2, 0) is 4.79 Å². The molecule has 0 unspecified atom stereocenters. The van der Waals surface area contributed by atoms with Crippen molar-refractivity contribution in [3.05, 3.63) is 0 Å². The Kier molecular flexibility index (Phi) is 5.44. The third-order valence-corrected chi connectivity index (χ3v) is 1.40. The predicted octanol–water partition coefficient (Wildman–Crippen LogP) is 0.776. The molecule has 3 nitrogen and oxygen atoms in total. The van der Waals surface area contributed by atoms with Gasteiger partial charge in [0.2, 0.25) is 5.91 Å². The van der Waals surface area contributed by atoms with Gasteiger partial charge in [0.25, 0.3) is 0 Å². The van der Waals surface area contributed by atoms with Gasteiger partial charge in [0, 0.05) is 13.0 Å². The molecule has 0 aliphatic rings. The second kappa shape index (κ2) is 5.79. The summed E-state index contributed by atoms with van der Waals surface area (Å²) in [5, 5.41) is 9.94. The normalized spacial score (nSPS) is 11.9. The van der Waals surface area contributed by atoms with Crippen molar-refractivity contribution in [2.24, 2.45) is 0 Å². The van der Waals surface area contributed by atoms with E-state index in [1.807, 2.05) is 0 Å². The Hall–Kier alpha value is -0.850. The molecule has 0 rings (SSSR count). The van der Waals surface area contributed by atoms with Crippen LogP contribution in [0.4, 0.5) is 17.6 Å². The fourth-order valence-electron chi connectivity index (χ4n) is 0.622. The van der Waals surface area contributed by atoms with Crippen molar-refractivity contribution in [3.8, 4) is 0 Å². The molecule has 0 heterocycles. The first-order valence-corrected chi connectivity index (χ1v) is 3.93. The number of halogens is 4. The highest BCUT2D eigenvalue weighted by Gasteiger charge is 2.40. The first kappa shape index (κ1) is 13.2. The van der Waals surface area contributed by atoms with E-state index in [-0.39, 0.29) is 19.4 Å². The average Bonchev–Trinajstić information content (AvgIpc) is 2.11. The summed E-state index contributed by atoms with van der Waals surface area (Å²) in [5.41, 5.74) is 0. The molecule has 14 heavy (non-hydrogen) atoms. The lowest BCUT2D eigenvalue weighted by atomic mass is 10.3. The van der Waals surface area contributed by atoms with Crippen molar-refractivity contribution >= 4 is 5.91 Å². The van der Waals surface area contributed by atoms with Gasteiger partial charge in [0.05, 0.1) is 6.54 Å². The zero-order valence-electron chi connectivity index (χ0n) is 7.27. The number of nitrogens with one attached hydrogen (secondary N) is 1. The Morgan fingerprint density at radius 1 is 1.43 bits per heavy atom. The van der Waals surface area contributed by atoms with E-state index in [0.29, 0.717) is 0 Å². The molecule has 1 amide bonds. The third-order valence-electron chi connectivity index (χ3n) is 1.40. The molecule has 0 bridgehead atoms. The van der Waals surface area contributed by atoms with E-state index in [2.05, 4.69) is 0 Å². The van der Waals surface area contributed by atoms with E-state index in [1.165, 1.54) is 0 Å². The van der Waals surface area contributed by atoms with E-state index in [4.69, 9.17) is 5.11 Å². The maximum Gasteiger partial charge on any atom is 0.324 e. The topological polar surface area (TPSA) is 49.3 Å². The van der Waals surface area contributed by atoms with Gasteiger partial charge in [-0.05, 0) is 6.42 Å². The fraction of sp³-hybridized carbons (Fsp3) is 0.857. The van der Waals surface area contributed by atoms with E-state index in [1.54, 1.807) is 5.32 Å². The zero-order valence-corrected chi connectivity index (χ0v) is 7.27. The van der Waals surface area contributed by atoms with Gasteiger partial charge in [-0.2, -0.15) is 8.78 Å². The number of alkyl halides is 4. The largest absolute Gasteiger partial charge is 0.396 e. The number of amides is 1. The van der Waals surface area contributed by atoms with E-state index in [9.17, 15) is 22.4 Å². The van der Waals surface area contributed by atoms with Crippen LogP contribution in [0.25, 0.3) is 0 Å². The molecule has 2 N–H and O–H groups in total. The lowest BCUT2D eigenvalue weighted by molar-refractivity contribution is -0.136. The van der Waals surface area contributed by atoms with Gasteiger partial charge >= 0.3 is 12.3 Å². The molecular formula is C7H11F4NO2. The number of carbonyl (C=O) groups excluding carboxylic acids is 1. The lowest BCUT2D eigenvalue weighted by Crippen LogP contribution is -2.41. The molecule has 0 saturated heterocycles. The molecule has 0 aromatic rings. The minimum atomic E-state index is -4.20. The number of rotatable bonds is 6. The van der Waals surface area contributed by atoms with Crippen LogP contribution in [0.1, 0.15) is 12.8 Å².